The first kappa shape index (κ1) is 14.3. The molecule has 3 rings (SSSR count). The van der Waals surface area contributed by atoms with E-state index in [0.717, 1.165) is 39.3 Å². The number of aliphatic hydroxyl groups is 1. The van der Waals surface area contributed by atoms with E-state index in [4.69, 9.17) is 4.74 Å². The molecule has 3 saturated heterocycles. The Bertz CT molecular complexity index is 339. The molecule has 0 aromatic rings. The number of β-amino-alcohol motifs (C(OH)–C–C–N with tert-alkyl or cyclic N) is 1. The Morgan fingerprint density at radius 1 is 1.30 bits per heavy atom. The Kier molecular flexibility index (Phi) is 4.55. The number of hydrogen-bond donors (Lipinski definition) is 2. The number of rotatable bonds is 3. The maximum atomic E-state index is 12.3. The summed E-state index contributed by atoms with van der Waals surface area (Å²) in [4.78, 5) is 16.6. The number of amides is 1. The number of aliphatic hydroxyl groups excluding tert-OH is 1. The van der Waals surface area contributed by atoms with Gasteiger partial charge in [0.2, 0.25) is 5.91 Å². The van der Waals surface area contributed by atoms with Crippen molar-refractivity contribution in [3.63, 3.8) is 0 Å². The number of carbonyl (C=O) groups excluding carboxylic acids is 1. The van der Waals surface area contributed by atoms with Gasteiger partial charge in [-0.2, -0.15) is 0 Å². The third kappa shape index (κ3) is 3.31. The van der Waals surface area contributed by atoms with Crippen LogP contribution >= 0.6 is 0 Å². The molecule has 0 aromatic heterocycles. The van der Waals surface area contributed by atoms with Crippen molar-refractivity contribution >= 4 is 5.91 Å². The molecule has 3 heterocycles. The summed E-state index contributed by atoms with van der Waals surface area (Å²) < 4.78 is 5.66. The highest BCUT2D eigenvalue weighted by Crippen LogP contribution is 2.16. The number of carbonyl (C=O) groups is 1. The van der Waals surface area contributed by atoms with Crippen LogP contribution in [-0.2, 0) is 9.53 Å². The molecule has 6 heteroatoms. The van der Waals surface area contributed by atoms with E-state index < -0.39 is 0 Å². The minimum absolute atomic E-state index is 0.151. The summed E-state index contributed by atoms with van der Waals surface area (Å²) >= 11 is 0. The maximum Gasteiger partial charge on any atom is 0.239 e. The molecular formula is C14H25N3O3. The molecule has 6 nitrogen and oxygen atoms in total. The highest BCUT2D eigenvalue weighted by atomic mass is 16.5. The predicted octanol–water partition coefficient (Wildman–Crippen LogP) is -0.968. The van der Waals surface area contributed by atoms with Crippen molar-refractivity contribution in [2.24, 2.45) is 0 Å². The Morgan fingerprint density at radius 2 is 2.10 bits per heavy atom. The molecule has 0 spiro atoms. The third-order valence-corrected chi connectivity index (χ3v) is 4.58. The van der Waals surface area contributed by atoms with Crippen LogP contribution in [0.2, 0.25) is 0 Å². The lowest BCUT2D eigenvalue weighted by Gasteiger charge is -2.36. The van der Waals surface area contributed by atoms with E-state index in [1.54, 1.807) is 0 Å². The topological polar surface area (TPSA) is 65.0 Å². The average molecular weight is 283 g/mol. The van der Waals surface area contributed by atoms with Gasteiger partial charge in [-0.15, -0.1) is 0 Å². The van der Waals surface area contributed by atoms with Crippen LogP contribution in [0.3, 0.4) is 0 Å². The summed E-state index contributed by atoms with van der Waals surface area (Å²) in [5, 5.41) is 12.6. The lowest BCUT2D eigenvalue weighted by molar-refractivity contribution is -0.135. The van der Waals surface area contributed by atoms with E-state index >= 15 is 0 Å². The number of piperazine rings is 1. The van der Waals surface area contributed by atoms with Crippen LogP contribution in [0.5, 0.6) is 0 Å². The summed E-state index contributed by atoms with van der Waals surface area (Å²) in [6.07, 6.45) is 2.92. The van der Waals surface area contributed by atoms with Crippen molar-refractivity contribution in [2.45, 2.75) is 37.5 Å². The van der Waals surface area contributed by atoms with E-state index in [1.165, 1.54) is 12.8 Å². The van der Waals surface area contributed by atoms with Gasteiger partial charge in [0.25, 0.3) is 0 Å². The van der Waals surface area contributed by atoms with Crippen molar-refractivity contribution in [1.29, 1.82) is 0 Å². The highest BCUT2D eigenvalue weighted by molar-refractivity contribution is 5.82. The van der Waals surface area contributed by atoms with Crippen LogP contribution in [0.4, 0.5) is 0 Å². The first-order valence-electron chi connectivity index (χ1n) is 7.76. The number of nitrogens with zero attached hydrogens (tertiary/aromatic N) is 2. The van der Waals surface area contributed by atoms with Crippen LogP contribution < -0.4 is 5.32 Å². The van der Waals surface area contributed by atoms with E-state index in [1.807, 2.05) is 4.90 Å². The molecule has 0 saturated carbocycles. The summed E-state index contributed by atoms with van der Waals surface area (Å²) in [6, 6.07) is -0.185. The molecule has 0 radical (unpaired) electrons. The highest BCUT2D eigenvalue weighted by Gasteiger charge is 2.33. The smallest absolute Gasteiger partial charge is 0.239 e. The first-order valence-corrected chi connectivity index (χ1v) is 7.76. The van der Waals surface area contributed by atoms with Gasteiger partial charge in [0.15, 0.2) is 0 Å². The van der Waals surface area contributed by atoms with Gasteiger partial charge in [0.1, 0.15) is 0 Å². The fraction of sp³-hybridized carbons (Fsp3) is 0.929. The second kappa shape index (κ2) is 6.39. The van der Waals surface area contributed by atoms with E-state index in [-0.39, 0.29) is 18.1 Å². The standard InChI is InChI=1S/C14H25N3O3/c18-11-8-13(15-9-11)14(19)17-5-3-16(4-6-17)10-12-2-1-7-20-12/h11-13,15,18H,1-10H2. The van der Waals surface area contributed by atoms with Gasteiger partial charge in [-0.1, -0.05) is 0 Å². The van der Waals surface area contributed by atoms with E-state index in [9.17, 15) is 9.90 Å². The van der Waals surface area contributed by atoms with Crippen LogP contribution in [-0.4, -0.2) is 84.9 Å². The Morgan fingerprint density at radius 3 is 2.70 bits per heavy atom. The second-order valence-corrected chi connectivity index (χ2v) is 6.11. The van der Waals surface area contributed by atoms with E-state index in [0.29, 0.717) is 19.1 Å². The normalized spacial score (nSPS) is 35.6. The van der Waals surface area contributed by atoms with Crippen molar-refractivity contribution in [2.75, 3.05) is 45.9 Å². The van der Waals surface area contributed by atoms with Crippen LogP contribution in [0, 0.1) is 0 Å². The minimum atomic E-state index is -0.371. The fourth-order valence-electron chi connectivity index (χ4n) is 3.35. The molecule has 3 unspecified atom stereocenters. The van der Waals surface area contributed by atoms with Gasteiger partial charge >= 0.3 is 0 Å². The Labute approximate surface area is 120 Å². The molecule has 3 atom stereocenters. The molecule has 3 fully saturated rings. The second-order valence-electron chi connectivity index (χ2n) is 6.11. The van der Waals surface area contributed by atoms with Gasteiger partial charge in [-0.25, -0.2) is 0 Å². The Balaban J connectivity index is 1.42. The maximum absolute atomic E-state index is 12.3. The molecule has 3 aliphatic rings. The fourth-order valence-corrected chi connectivity index (χ4v) is 3.35. The van der Waals surface area contributed by atoms with E-state index in [2.05, 4.69) is 10.2 Å². The first-order chi connectivity index (χ1) is 9.72. The summed E-state index contributed by atoms with van der Waals surface area (Å²) in [5.41, 5.74) is 0. The summed E-state index contributed by atoms with van der Waals surface area (Å²) in [6.45, 7) is 5.89. The van der Waals surface area contributed by atoms with Gasteiger partial charge in [-0.05, 0) is 19.3 Å². The molecule has 20 heavy (non-hydrogen) atoms. The van der Waals surface area contributed by atoms with Crippen LogP contribution in [0.15, 0.2) is 0 Å². The quantitative estimate of drug-likeness (QED) is 0.698. The summed E-state index contributed by atoms with van der Waals surface area (Å²) in [5.74, 6) is 0.151. The molecule has 1 amide bonds. The zero-order valence-corrected chi connectivity index (χ0v) is 12.0. The lowest BCUT2D eigenvalue weighted by atomic mass is 10.1. The molecule has 0 aliphatic carbocycles. The monoisotopic (exact) mass is 283 g/mol. The minimum Gasteiger partial charge on any atom is -0.392 e. The lowest BCUT2D eigenvalue weighted by Crippen LogP contribution is -2.54. The van der Waals surface area contributed by atoms with Crippen LogP contribution in [0.25, 0.3) is 0 Å². The molecule has 0 bridgehead atoms. The number of hydrogen-bond acceptors (Lipinski definition) is 5. The molecular weight excluding hydrogens is 258 g/mol. The zero-order valence-electron chi connectivity index (χ0n) is 12.0. The number of nitrogens with one attached hydrogen (secondary N) is 1. The molecule has 3 aliphatic heterocycles. The third-order valence-electron chi connectivity index (χ3n) is 4.58. The summed E-state index contributed by atoms with van der Waals surface area (Å²) in [7, 11) is 0. The average Bonchev–Trinajstić information content (AvgIpc) is 3.10. The van der Waals surface area contributed by atoms with Crippen molar-refractivity contribution in [1.82, 2.24) is 15.1 Å². The van der Waals surface area contributed by atoms with Crippen LogP contribution in [0.1, 0.15) is 19.3 Å². The SMILES string of the molecule is O=C(C1CC(O)CN1)N1CCN(CC2CCCO2)CC1. The van der Waals surface area contributed by atoms with Gasteiger partial charge in [0, 0.05) is 45.9 Å². The van der Waals surface area contributed by atoms with Gasteiger partial charge in [-0.3, -0.25) is 9.69 Å². The Hall–Kier alpha value is -0.690. The molecule has 114 valence electrons. The van der Waals surface area contributed by atoms with Crippen molar-refractivity contribution in [3.05, 3.63) is 0 Å². The number of ether oxygens (including phenoxy) is 1. The predicted molar refractivity (Wildman–Crippen MR) is 74.4 cm³/mol. The molecule has 0 aromatic carbocycles. The van der Waals surface area contributed by atoms with Gasteiger partial charge in [0.05, 0.1) is 18.2 Å². The molecule has 2 N–H and O–H groups in total. The zero-order chi connectivity index (χ0) is 13.9. The largest absolute Gasteiger partial charge is 0.392 e. The van der Waals surface area contributed by atoms with Crippen molar-refractivity contribution < 1.29 is 14.6 Å². The van der Waals surface area contributed by atoms with Gasteiger partial charge < -0.3 is 20.1 Å². The van der Waals surface area contributed by atoms with Crippen molar-refractivity contribution in [3.8, 4) is 0 Å².